The first kappa shape index (κ1) is 20.0. The summed E-state index contributed by atoms with van der Waals surface area (Å²) in [5.41, 5.74) is 1.71. The van der Waals surface area contributed by atoms with E-state index in [1.54, 1.807) is 61.7 Å². The van der Waals surface area contributed by atoms with Gasteiger partial charge in [-0.05, 0) is 42.5 Å². The number of nitrogens with one attached hydrogen (secondary N) is 3. The second-order valence-electron chi connectivity index (χ2n) is 5.52. The van der Waals surface area contributed by atoms with E-state index < -0.39 is 0 Å². The first-order chi connectivity index (χ1) is 13.1. The van der Waals surface area contributed by atoms with E-state index in [2.05, 4.69) is 22.5 Å². The monoisotopic (exact) mass is 369 g/mol. The van der Waals surface area contributed by atoms with Gasteiger partial charge in [-0.3, -0.25) is 4.79 Å². The molecule has 0 fully saturated rings. The third-order valence-corrected chi connectivity index (χ3v) is 3.46. The van der Waals surface area contributed by atoms with E-state index >= 15 is 0 Å². The third kappa shape index (κ3) is 6.83. The molecule has 2 aromatic carbocycles. The highest BCUT2D eigenvalue weighted by molar-refractivity contribution is 6.04. The van der Waals surface area contributed by atoms with E-state index in [0.717, 1.165) is 0 Å². The van der Waals surface area contributed by atoms with Crippen molar-refractivity contribution < 1.29 is 19.1 Å². The van der Waals surface area contributed by atoms with Crippen molar-refractivity contribution in [1.29, 1.82) is 0 Å². The van der Waals surface area contributed by atoms with Gasteiger partial charge in [0.1, 0.15) is 12.4 Å². The summed E-state index contributed by atoms with van der Waals surface area (Å²) in [6.45, 7) is 4.80. The highest BCUT2D eigenvalue weighted by atomic mass is 16.5. The van der Waals surface area contributed by atoms with Crippen LogP contribution < -0.4 is 20.7 Å². The standard InChI is InChI=1S/C20H23N3O4/c1-3-11-21-20(25)23-17-9-7-16(8-10-17)22-19(24)15-5-4-6-18(14-15)27-13-12-26-2/h3-10,14H,1,11-13H2,2H3,(H,22,24)(H2,21,23,25). The van der Waals surface area contributed by atoms with Crippen molar-refractivity contribution in [3.05, 3.63) is 66.7 Å². The van der Waals surface area contributed by atoms with Crippen LogP contribution in [0.4, 0.5) is 16.2 Å². The molecule has 142 valence electrons. The van der Waals surface area contributed by atoms with E-state index in [1.807, 2.05) is 0 Å². The van der Waals surface area contributed by atoms with Gasteiger partial charge < -0.3 is 25.4 Å². The Hall–Kier alpha value is -3.32. The molecule has 0 radical (unpaired) electrons. The minimum atomic E-state index is -0.322. The van der Waals surface area contributed by atoms with Crippen molar-refractivity contribution in [2.75, 3.05) is 37.5 Å². The van der Waals surface area contributed by atoms with Crippen molar-refractivity contribution in [2.24, 2.45) is 0 Å². The van der Waals surface area contributed by atoms with Crippen molar-refractivity contribution in [1.82, 2.24) is 5.32 Å². The van der Waals surface area contributed by atoms with Crippen molar-refractivity contribution in [2.45, 2.75) is 0 Å². The predicted molar refractivity (Wildman–Crippen MR) is 105 cm³/mol. The molecule has 0 aliphatic heterocycles. The zero-order chi connectivity index (χ0) is 19.5. The zero-order valence-corrected chi connectivity index (χ0v) is 15.2. The van der Waals surface area contributed by atoms with Crippen molar-refractivity contribution in [3.8, 4) is 5.75 Å². The lowest BCUT2D eigenvalue weighted by atomic mass is 10.2. The molecular formula is C20H23N3O4. The van der Waals surface area contributed by atoms with Gasteiger partial charge in [-0.2, -0.15) is 0 Å². The zero-order valence-electron chi connectivity index (χ0n) is 15.2. The SMILES string of the molecule is C=CCNC(=O)Nc1ccc(NC(=O)c2cccc(OCCOC)c2)cc1. The Balaban J connectivity index is 1.92. The van der Waals surface area contributed by atoms with Gasteiger partial charge in [0, 0.05) is 30.6 Å². The highest BCUT2D eigenvalue weighted by Gasteiger charge is 2.08. The average Bonchev–Trinajstić information content (AvgIpc) is 2.68. The van der Waals surface area contributed by atoms with Gasteiger partial charge in [0.2, 0.25) is 0 Å². The van der Waals surface area contributed by atoms with Crippen LogP contribution in [-0.4, -0.2) is 38.8 Å². The number of rotatable bonds is 9. The molecule has 3 amide bonds. The van der Waals surface area contributed by atoms with Gasteiger partial charge in [-0.25, -0.2) is 4.79 Å². The first-order valence-corrected chi connectivity index (χ1v) is 8.41. The van der Waals surface area contributed by atoms with Gasteiger partial charge in [-0.1, -0.05) is 12.1 Å². The molecule has 3 N–H and O–H groups in total. The number of hydrogen-bond donors (Lipinski definition) is 3. The van der Waals surface area contributed by atoms with Crippen LogP contribution in [-0.2, 0) is 4.74 Å². The lowest BCUT2D eigenvalue weighted by molar-refractivity contribution is 0.102. The van der Waals surface area contributed by atoms with E-state index in [4.69, 9.17) is 9.47 Å². The summed E-state index contributed by atoms with van der Waals surface area (Å²) in [5.74, 6) is 0.349. The molecule has 0 saturated carbocycles. The van der Waals surface area contributed by atoms with Crippen LogP contribution >= 0.6 is 0 Å². The number of carbonyl (C=O) groups excluding carboxylic acids is 2. The van der Waals surface area contributed by atoms with Crippen molar-refractivity contribution >= 4 is 23.3 Å². The van der Waals surface area contributed by atoms with E-state index in [0.29, 0.717) is 42.4 Å². The quantitative estimate of drug-likeness (QED) is 0.467. The van der Waals surface area contributed by atoms with Crippen LogP contribution in [0.5, 0.6) is 5.75 Å². The predicted octanol–water partition coefficient (Wildman–Crippen LogP) is 3.27. The van der Waals surface area contributed by atoms with E-state index in [-0.39, 0.29) is 11.9 Å². The molecule has 0 aliphatic carbocycles. The summed E-state index contributed by atoms with van der Waals surface area (Å²) in [7, 11) is 1.60. The summed E-state index contributed by atoms with van der Waals surface area (Å²) in [4.78, 5) is 24.0. The van der Waals surface area contributed by atoms with Crippen molar-refractivity contribution in [3.63, 3.8) is 0 Å². The van der Waals surface area contributed by atoms with Gasteiger partial charge in [0.05, 0.1) is 6.61 Å². The fourth-order valence-corrected chi connectivity index (χ4v) is 2.15. The number of urea groups is 1. The lowest BCUT2D eigenvalue weighted by Gasteiger charge is -2.10. The van der Waals surface area contributed by atoms with Crippen LogP contribution in [0.3, 0.4) is 0 Å². The highest BCUT2D eigenvalue weighted by Crippen LogP contribution is 2.17. The van der Waals surface area contributed by atoms with Gasteiger partial charge >= 0.3 is 6.03 Å². The molecule has 0 bridgehead atoms. The molecule has 0 unspecified atom stereocenters. The number of ether oxygens (including phenoxy) is 2. The molecule has 2 rings (SSSR count). The summed E-state index contributed by atoms with van der Waals surface area (Å²) >= 11 is 0. The molecule has 0 heterocycles. The molecule has 0 saturated heterocycles. The minimum absolute atomic E-state index is 0.253. The summed E-state index contributed by atoms with van der Waals surface area (Å²) in [6.07, 6.45) is 1.59. The van der Waals surface area contributed by atoms with Crippen LogP contribution in [0.2, 0.25) is 0 Å². The number of anilines is 2. The lowest BCUT2D eigenvalue weighted by Crippen LogP contribution is -2.28. The maximum absolute atomic E-state index is 12.4. The Kier molecular flexibility index (Phi) is 7.87. The van der Waals surface area contributed by atoms with E-state index in [9.17, 15) is 9.59 Å². The number of benzene rings is 2. The van der Waals surface area contributed by atoms with Gasteiger partial charge in [-0.15, -0.1) is 6.58 Å². The molecule has 7 nitrogen and oxygen atoms in total. The van der Waals surface area contributed by atoms with Crippen LogP contribution in [0.1, 0.15) is 10.4 Å². The normalized spacial score (nSPS) is 9.96. The average molecular weight is 369 g/mol. The number of amides is 3. The largest absolute Gasteiger partial charge is 0.491 e. The van der Waals surface area contributed by atoms with Crippen LogP contribution in [0.15, 0.2) is 61.2 Å². The van der Waals surface area contributed by atoms with Crippen LogP contribution in [0.25, 0.3) is 0 Å². The third-order valence-electron chi connectivity index (χ3n) is 3.46. The molecule has 27 heavy (non-hydrogen) atoms. The maximum Gasteiger partial charge on any atom is 0.319 e. The number of hydrogen-bond acceptors (Lipinski definition) is 4. The number of carbonyl (C=O) groups is 2. The van der Waals surface area contributed by atoms with Crippen LogP contribution in [0, 0.1) is 0 Å². The van der Waals surface area contributed by atoms with Gasteiger partial charge in [0.25, 0.3) is 5.91 Å². The van der Waals surface area contributed by atoms with E-state index in [1.165, 1.54) is 0 Å². The summed E-state index contributed by atoms with van der Waals surface area (Å²) < 4.78 is 10.4. The fraction of sp³-hybridized carbons (Fsp3) is 0.200. The Morgan fingerprint density at radius 1 is 1.04 bits per heavy atom. The molecule has 2 aromatic rings. The molecule has 0 aromatic heterocycles. The topological polar surface area (TPSA) is 88.7 Å². The van der Waals surface area contributed by atoms with Gasteiger partial charge in [0.15, 0.2) is 0 Å². The molecule has 0 atom stereocenters. The fourth-order valence-electron chi connectivity index (χ4n) is 2.15. The summed E-state index contributed by atoms with van der Waals surface area (Å²) in [5, 5.41) is 8.11. The first-order valence-electron chi connectivity index (χ1n) is 8.41. The summed E-state index contributed by atoms with van der Waals surface area (Å²) in [6, 6.07) is 13.4. The molecule has 0 spiro atoms. The Bertz CT molecular complexity index is 775. The second kappa shape index (κ2) is 10.6. The molecular weight excluding hydrogens is 346 g/mol. The maximum atomic E-state index is 12.4. The Morgan fingerprint density at radius 2 is 1.74 bits per heavy atom. The molecule has 0 aliphatic rings. The molecule has 7 heteroatoms. The Morgan fingerprint density at radius 3 is 2.41 bits per heavy atom. The number of methoxy groups -OCH3 is 1. The smallest absolute Gasteiger partial charge is 0.319 e. The minimum Gasteiger partial charge on any atom is -0.491 e. The second-order valence-corrected chi connectivity index (χ2v) is 5.52. The Labute approximate surface area is 158 Å².